The number of benzene rings is 2. The maximum absolute atomic E-state index is 11.8. The van der Waals surface area contributed by atoms with Gasteiger partial charge >= 0.3 is 5.97 Å². The van der Waals surface area contributed by atoms with E-state index in [1.165, 1.54) is 10.4 Å². The summed E-state index contributed by atoms with van der Waals surface area (Å²) in [4.78, 5) is 11.8. The minimum absolute atomic E-state index is 0.134. The van der Waals surface area contributed by atoms with Gasteiger partial charge in [0.1, 0.15) is 0 Å². The van der Waals surface area contributed by atoms with Gasteiger partial charge in [-0.1, -0.05) is 88.4 Å². The van der Waals surface area contributed by atoms with Crippen LogP contribution in [0.3, 0.4) is 0 Å². The molecule has 0 heterocycles. The summed E-state index contributed by atoms with van der Waals surface area (Å²) in [7, 11) is -2.65. The fraction of sp³-hybridized carbons (Fsp3) is 0.400. The molecule has 2 rings (SSSR count). The van der Waals surface area contributed by atoms with Gasteiger partial charge in [-0.2, -0.15) is 0 Å². The Morgan fingerprint density at radius 3 is 1.90 bits per heavy atom. The first-order valence-electron chi connectivity index (χ1n) is 10.2. The van der Waals surface area contributed by atoms with Crippen LogP contribution >= 0.6 is 0 Å². The lowest BCUT2D eigenvalue weighted by molar-refractivity contribution is -0.143. The monoisotopic (exact) mass is 408 g/mol. The molecule has 2 aromatic rings. The van der Waals surface area contributed by atoms with E-state index in [1.54, 1.807) is 0 Å². The highest BCUT2D eigenvalue weighted by atomic mass is 28.4. The molecule has 29 heavy (non-hydrogen) atoms. The summed E-state index contributed by atoms with van der Waals surface area (Å²) in [6.07, 6.45) is 6.64. The average Bonchev–Trinajstić information content (AvgIpc) is 2.70. The van der Waals surface area contributed by atoms with Crippen LogP contribution in [0.15, 0.2) is 60.7 Å². The van der Waals surface area contributed by atoms with Crippen molar-refractivity contribution in [3.8, 4) is 12.3 Å². The lowest BCUT2D eigenvalue weighted by Gasteiger charge is -2.43. The van der Waals surface area contributed by atoms with Crippen molar-refractivity contribution in [1.29, 1.82) is 0 Å². The van der Waals surface area contributed by atoms with E-state index in [4.69, 9.17) is 10.8 Å². The lowest BCUT2D eigenvalue weighted by atomic mass is 9.88. The number of hydrogen-bond donors (Lipinski definition) is 1. The Hall–Kier alpha value is -2.35. The quantitative estimate of drug-likeness (QED) is 0.497. The summed E-state index contributed by atoms with van der Waals surface area (Å²) in [5.74, 6) is 0.927. The Morgan fingerprint density at radius 1 is 1.07 bits per heavy atom. The van der Waals surface area contributed by atoms with Crippen LogP contribution in [-0.2, 0) is 9.22 Å². The van der Waals surface area contributed by atoms with E-state index in [1.807, 2.05) is 43.3 Å². The molecule has 4 heteroatoms. The third-order valence-electron chi connectivity index (χ3n) is 5.62. The molecule has 2 aromatic carbocycles. The van der Waals surface area contributed by atoms with Crippen LogP contribution in [0.25, 0.3) is 0 Å². The van der Waals surface area contributed by atoms with Crippen LogP contribution in [0.1, 0.15) is 40.5 Å². The van der Waals surface area contributed by atoms with E-state index < -0.39 is 20.2 Å². The zero-order valence-corrected chi connectivity index (χ0v) is 18.9. The number of rotatable bonds is 9. The molecule has 0 spiro atoms. The zero-order valence-electron chi connectivity index (χ0n) is 17.9. The Kier molecular flexibility index (Phi) is 7.84. The van der Waals surface area contributed by atoms with Crippen molar-refractivity contribution in [3.05, 3.63) is 60.7 Å². The molecule has 0 bridgehead atoms. The maximum Gasteiger partial charge on any atom is 0.307 e. The van der Waals surface area contributed by atoms with Gasteiger partial charge in [-0.25, -0.2) is 0 Å². The van der Waals surface area contributed by atoms with Gasteiger partial charge in [0, 0.05) is 12.5 Å². The summed E-state index contributed by atoms with van der Waals surface area (Å²) in [6, 6.07) is 20.7. The highest BCUT2D eigenvalue weighted by Crippen LogP contribution is 2.37. The Balaban J connectivity index is 2.44. The van der Waals surface area contributed by atoms with Crippen LogP contribution in [0.5, 0.6) is 0 Å². The number of carbonyl (C=O) groups is 1. The van der Waals surface area contributed by atoms with Crippen molar-refractivity contribution >= 4 is 24.7 Å². The van der Waals surface area contributed by atoms with E-state index in [0.29, 0.717) is 19.4 Å². The van der Waals surface area contributed by atoms with Gasteiger partial charge in [-0.15, -0.1) is 12.3 Å². The highest BCUT2D eigenvalue weighted by Gasteiger charge is 2.50. The number of terminal acetylenes is 1. The lowest BCUT2D eigenvalue weighted by Crippen LogP contribution is -2.66. The smallest absolute Gasteiger partial charge is 0.307 e. The van der Waals surface area contributed by atoms with Crippen LogP contribution in [0.2, 0.25) is 5.04 Å². The van der Waals surface area contributed by atoms with Gasteiger partial charge in [-0.05, 0) is 28.3 Å². The Morgan fingerprint density at radius 2 is 1.55 bits per heavy atom. The summed E-state index contributed by atoms with van der Waals surface area (Å²) in [5.41, 5.74) is 0. The minimum Gasteiger partial charge on any atom is -0.481 e. The second-order valence-electron chi connectivity index (χ2n) is 8.43. The first-order chi connectivity index (χ1) is 13.8. The molecule has 0 aromatic heterocycles. The minimum atomic E-state index is -2.65. The standard InChI is InChI=1S/C25H32O3Si/c1-6-20(7-2)23(24(26)27)18-19-28-29(25(3,4)5,21-14-10-8-11-15-21)22-16-12-9-13-17-22/h1,8-17,20,23H,7,18-19H2,2-5H3,(H,26,27)/t20-,23-/m1/s1. The van der Waals surface area contributed by atoms with E-state index in [0.717, 1.165) is 0 Å². The van der Waals surface area contributed by atoms with Gasteiger partial charge < -0.3 is 9.53 Å². The van der Waals surface area contributed by atoms with Crippen molar-refractivity contribution in [1.82, 2.24) is 0 Å². The van der Waals surface area contributed by atoms with E-state index in [9.17, 15) is 9.90 Å². The van der Waals surface area contributed by atoms with E-state index in [-0.39, 0.29) is 11.0 Å². The molecular weight excluding hydrogens is 376 g/mol. The first kappa shape index (κ1) is 22.9. The molecule has 154 valence electrons. The maximum atomic E-state index is 11.8. The Bertz CT molecular complexity index is 779. The molecule has 1 N–H and O–H groups in total. The van der Waals surface area contributed by atoms with Crippen molar-refractivity contribution in [2.45, 2.75) is 45.6 Å². The number of hydrogen-bond acceptors (Lipinski definition) is 2. The van der Waals surface area contributed by atoms with Crippen LogP contribution in [0, 0.1) is 24.2 Å². The molecule has 0 saturated carbocycles. The molecular formula is C25H32O3Si. The highest BCUT2D eigenvalue weighted by molar-refractivity contribution is 6.99. The average molecular weight is 409 g/mol. The topological polar surface area (TPSA) is 46.5 Å². The fourth-order valence-electron chi connectivity index (χ4n) is 4.12. The van der Waals surface area contributed by atoms with E-state index in [2.05, 4.69) is 51.0 Å². The normalized spacial score (nSPS) is 14.0. The van der Waals surface area contributed by atoms with E-state index >= 15 is 0 Å². The molecule has 0 aliphatic carbocycles. The molecule has 0 aliphatic rings. The fourth-order valence-corrected chi connectivity index (χ4v) is 8.70. The second-order valence-corrected chi connectivity index (χ2v) is 12.7. The summed E-state index contributed by atoms with van der Waals surface area (Å²) in [5, 5.41) is 11.9. The summed E-state index contributed by atoms with van der Waals surface area (Å²) >= 11 is 0. The first-order valence-corrected chi connectivity index (χ1v) is 12.1. The Labute approximate surface area is 176 Å². The van der Waals surface area contributed by atoms with Gasteiger partial charge in [0.2, 0.25) is 0 Å². The number of carboxylic acids is 1. The SMILES string of the molecule is C#C[C@H](CC)[C@@H](CCO[Si](c1ccccc1)(c1ccccc1)C(C)(C)C)C(=O)O. The molecule has 0 amide bonds. The molecule has 0 saturated heterocycles. The zero-order chi connectivity index (χ0) is 21.5. The number of aliphatic carboxylic acids is 1. The van der Waals surface area contributed by atoms with Crippen LogP contribution < -0.4 is 10.4 Å². The predicted molar refractivity (Wildman–Crippen MR) is 122 cm³/mol. The van der Waals surface area contributed by atoms with Gasteiger partial charge in [0.25, 0.3) is 8.32 Å². The largest absolute Gasteiger partial charge is 0.481 e. The van der Waals surface area contributed by atoms with Gasteiger partial charge in [-0.3, -0.25) is 4.79 Å². The van der Waals surface area contributed by atoms with Crippen molar-refractivity contribution in [3.63, 3.8) is 0 Å². The molecule has 0 unspecified atom stereocenters. The third-order valence-corrected chi connectivity index (χ3v) is 10.7. The summed E-state index contributed by atoms with van der Waals surface area (Å²) in [6.45, 7) is 8.93. The molecule has 3 nitrogen and oxygen atoms in total. The predicted octanol–water partition coefficient (Wildman–Crippen LogP) is 4.31. The van der Waals surface area contributed by atoms with Gasteiger partial charge in [0.15, 0.2) is 0 Å². The van der Waals surface area contributed by atoms with Crippen molar-refractivity contribution in [2.24, 2.45) is 11.8 Å². The second kappa shape index (κ2) is 9.91. The molecule has 2 atom stereocenters. The summed E-state index contributed by atoms with van der Waals surface area (Å²) < 4.78 is 6.79. The van der Waals surface area contributed by atoms with Crippen molar-refractivity contribution in [2.75, 3.05) is 6.61 Å². The van der Waals surface area contributed by atoms with Crippen LogP contribution in [-0.4, -0.2) is 26.0 Å². The molecule has 0 fully saturated rings. The molecule has 0 radical (unpaired) electrons. The van der Waals surface area contributed by atoms with Crippen LogP contribution in [0.4, 0.5) is 0 Å². The molecule has 0 aliphatic heterocycles. The number of carboxylic acid groups (broad SMARTS) is 1. The third kappa shape index (κ3) is 4.98. The van der Waals surface area contributed by atoms with Crippen molar-refractivity contribution < 1.29 is 14.3 Å². The van der Waals surface area contributed by atoms with Gasteiger partial charge in [0.05, 0.1) is 5.92 Å².